The van der Waals surface area contributed by atoms with Crippen molar-refractivity contribution in [2.45, 2.75) is 31.7 Å². The molecule has 1 nitrogen and oxygen atoms in total. The van der Waals surface area contributed by atoms with Gasteiger partial charge in [-0.3, -0.25) is 0 Å². The predicted molar refractivity (Wildman–Crippen MR) is 67.9 cm³/mol. The van der Waals surface area contributed by atoms with Gasteiger partial charge in [0.15, 0.2) is 0 Å². The van der Waals surface area contributed by atoms with Gasteiger partial charge in [0.25, 0.3) is 0 Å². The molecular weight excluding hydrogens is 269 g/mol. The molecule has 16 heavy (non-hydrogen) atoms. The molecule has 1 unspecified atom stereocenters. The largest absolute Gasteiger partial charge is 0.313 e. The van der Waals surface area contributed by atoms with Crippen LogP contribution in [-0.4, -0.2) is 7.05 Å². The maximum atomic E-state index is 13.5. The van der Waals surface area contributed by atoms with E-state index in [4.69, 9.17) is 0 Å². The van der Waals surface area contributed by atoms with Crippen LogP contribution in [-0.2, 0) is 0 Å². The third-order valence-electron chi connectivity index (χ3n) is 3.49. The summed E-state index contributed by atoms with van der Waals surface area (Å²) < 4.78 is 14.0. The Labute approximate surface area is 105 Å². The third kappa shape index (κ3) is 2.46. The smallest absolute Gasteiger partial charge is 0.137 e. The zero-order valence-electron chi connectivity index (χ0n) is 9.47. The Morgan fingerprint density at radius 2 is 2.06 bits per heavy atom. The van der Waals surface area contributed by atoms with Crippen LogP contribution in [0.15, 0.2) is 22.7 Å². The van der Waals surface area contributed by atoms with Gasteiger partial charge in [-0.2, -0.15) is 0 Å². The van der Waals surface area contributed by atoms with Gasteiger partial charge >= 0.3 is 0 Å². The summed E-state index contributed by atoms with van der Waals surface area (Å²) in [6, 6.07) is 5.74. The van der Waals surface area contributed by atoms with Crippen LogP contribution >= 0.6 is 15.9 Å². The first-order valence-corrected chi connectivity index (χ1v) is 6.64. The minimum atomic E-state index is -0.171. The molecule has 1 atom stereocenters. The van der Waals surface area contributed by atoms with E-state index in [2.05, 4.69) is 21.2 Å². The second-order valence-electron chi connectivity index (χ2n) is 4.48. The van der Waals surface area contributed by atoms with E-state index in [1.807, 2.05) is 13.1 Å². The summed E-state index contributed by atoms with van der Waals surface area (Å²) in [4.78, 5) is 0. The molecule has 0 radical (unpaired) electrons. The summed E-state index contributed by atoms with van der Waals surface area (Å²) in [6.45, 7) is 0. The molecule has 0 aliphatic heterocycles. The van der Waals surface area contributed by atoms with Crippen LogP contribution in [0.25, 0.3) is 0 Å². The zero-order valence-corrected chi connectivity index (χ0v) is 11.1. The highest BCUT2D eigenvalue weighted by Crippen LogP contribution is 2.36. The van der Waals surface area contributed by atoms with Crippen molar-refractivity contribution in [3.63, 3.8) is 0 Å². The van der Waals surface area contributed by atoms with Crippen molar-refractivity contribution < 1.29 is 4.39 Å². The Hall–Kier alpha value is -0.410. The van der Waals surface area contributed by atoms with Crippen molar-refractivity contribution >= 4 is 15.9 Å². The lowest BCUT2D eigenvalue weighted by Crippen LogP contribution is -2.23. The van der Waals surface area contributed by atoms with Crippen molar-refractivity contribution in [1.82, 2.24) is 5.32 Å². The van der Waals surface area contributed by atoms with E-state index in [1.54, 1.807) is 12.1 Å². The SMILES string of the molecule is CNC(c1ccc(Br)c(F)c1)C1CCCC1. The van der Waals surface area contributed by atoms with Crippen molar-refractivity contribution in [3.8, 4) is 0 Å². The molecule has 1 aromatic rings. The zero-order chi connectivity index (χ0) is 11.5. The molecule has 1 saturated carbocycles. The average molecular weight is 286 g/mol. The van der Waals surface area contributed by atoms with E-state index in [-0.39, 0.29) is 5.82 Å². The predicted octanol–water partition coefficient (Wildman–Crippen LogP) is 4.04. The molecule has 1 aliphatic carbocycles. The van der Waals surface area contributed by atoms with E-state index in [9.17, 15) is 4.39 Å². The molecule has 1 aromatic carbocycles. The lowest BCUT2D eigenvalue weighted by Gasteiger charge is -2.23. The molecule has 1 N–H and O–H groups in total. The fraction of sp³-hybridized carbons (Fsp3) is 0.538. The molecule has 0 bridgehead atoms. The number of rotatable bonds is 3. The van der Waals surface area contributed by atoms with Crippen LogP contribution in [0.4, 0.5) is 4.39 Å². The maximum absolute atomic E-state index is 13.5. The van der Waals surface area contributed by atoms with Crippen molar-refractivity contribution in [1.29, 1.82) is 0 Å². The standard InChI is InChI=1S/C13H17BrFN/c1-16-13(9-4-2-3-5-9)10-6-7-11(14)12(15)8-10/h6-9,13,16H,2-5H2,1H3. The topological polar surface area (TPSA) is 12.0 Å². The Morgan fingerprint density at radius 1 is 1.38 bits per heavy atom. The molecule has 0 heterocycles. The third-order valence-corrected chi connectivity index (χ3v) is 4.13. The first kappa shape index (κ1) is 12.1. The number of benzene rings is 1. The molecule has 1 fully saturated rings. The van der Waals surface area contributed by atoms with E-state index >= 15 is 0 Å². The minimum absolute atomic E-state index is 0.171. The van der Waals surface area contributed by atoms with E-state index in [0.29, 0.717) is 16.4 Å². The van der Waals surface area contributed by atoms with Gasteiger partial charge in [-0.05, 0) is 59.4 Å². The van der Waals surface area contributed by atoms with Crippen molar-refractivity contribution in [2.24, 2.45) is 5.92 Å². The molecule has 0 amide bonds. The quantitative estimate of drug-likeness (QED) is 0.884. The van der Waals surface area contributed by atoms with Gasteiger partial charge in [0, 0.05) is 6.04 Å². The maximum Gasteiger partial charge on any atom is 0.137 e. The molecule has 0 saturated heterocycles. The van der Waals surface area contributed by atoms with E-state index in [0.717, 1.165) is 5.56 Å². The summed E-state index contributed by atoms with van der Waals surface area (Å²) in [5.74, 6) is 0.487. The summed E-state index contributed by atoms with van der Waals surface area (Å²) >= 11 is 3.19. The van der Waals surface area contributed by atoms with Gasteiger partial charge in [0.2, 0.25) is 0 Å². The van der Waals surface area contributed by atoms with Gasteiger partial charge in [0.1, 0.15) is 5.82 Å². The Kier molecular flexibility index (Phi) is 3.98. The van der Waals surface area contributed by atoms with Gasteiger partial charge in [0.05, 0.1) is 4.47 Å². The normalized spacial score (nSPS) is 18.9. The summed E-state index contributed by atoms with van der Waals surface area (Å²) in [7, 11) is 1.96. The highest BCUT2D eigenvalue weighted by molar-refractivity contribution is 9.10. The molecular formula is C13H17BrFN. The molecule has 0 spiro atoms. The Morgan fingerprint density at radius 3 is 2.62 bits per heavy atom. The number of hydrogen-bond acceptors (Lipinski definition) is 1. The van der Waals surface area contributed by atoms with Gasteiger partial charge < -0.3 is 5.32 Å². The number of nitrogens with one attached hydrogen (secondary N) is 1. The summed E-state index contributed by atoms with van der Waals surface area (Å²) in [6.07, 6.45) is 5.12. The fourth-order valence-electron chi connectivity index (χ4n) is 2.67. The number of halogens is 2. The first-order valence-electron chi connectivity index (χ1n) is 5.84. The van der Waals surface area contributed by atoms with Crippen LogP contribution < -0.4 is 5.32 Å². The van der Waals surface area contributed by atoms with Crippen LogP contribution in [0, 0.1) is 11.7 Å². The highest BCUT2D eigenvalue weighted by atomic mass is 79.9. The lowest BCUT2D eigenvalue weighted by molar-refractivity contribution is 0.389. The second kappa shape index (κ2) is 5.28. The van der Waals surface area contributed by atoms with E-state index < -0.39 is 0 Å². The van der Waals surface area contributed by atoms with Crippen molar-refractivity contribution in [2.75, 3.05) is 7.05 Å². The molecule has 1 aliphatic rings. The van der Waals surface area contributed by atoms with Crippen LogP contribution in [0.1, 0.15) is 37.3 Å². The van der Waals surface area contributed by atoms with Gasteiger partial charge in [-0.15, -0.1) is 0 Å². The van der Waals surface area contributed by atoms with Crippen LogP contribution in [0.5, 0.6) is 0 Å². The van der Waals surface area contributed by atoms with Crippen molar-refractivity contribution in [3.05, 3.63) is 34.1 Å². The Bertz CT molecular complexity index is 361. The van der Waals surface area contributed by atoms with Gasteiger partial charge in [-0.1, -0.05) is 18.9 Å². The lowest BCUT2D eigenvalue weighted by atomic mass is 9.92. The first-order chi connectivity index (χ1) is 7.72. The van der Waals surface area contributed by atoms with Gasteiger partial charge in [-0.25, -0.2) is 4.39 Å². The average Bonchev–Trinajstić information content (AvgIpc) is 2.78. The molecule has 2 rings (SSSR count). The second-order valence-corrected chi connectivity index (χ2v) is 5.34. The fourth-order valence-corrected chi connectivity index (χ4v) is 2.92. The van der Waals surface area contributed by atoms with Crippen LogP contribution in [0.2, 0.25) is 0 Å². The molecule has 88 valence electrons. The number of hydrogen-bond donors (Lipinski definition) is 1. The van der Waals surface area contributed by atoms with Crippen LogP contribution in [0.3, 0.4) is 0 Å². The minimum Gasteiger partial charge on any atom is -0.313 e. The monoisotopic (exact) mass is 285 g/mol. The summed E-state index contributed by atoms with van der Waals surface area (Å²) in [5, 5.41) is 3.32. The summed E-state index contributed by atoms with van der Waals surface area (Å²) in [5.41, 5.74) is 1.06. The van der Waals surface area contributed by atoms with E-state index in [1.165, 1.54) is 25.7 Å². The molecule has 0 aromatic heterocycles. The highest BCUT2D eigenvalue weighted by Gasteiger charge is 2.25. The molecule has 3 heteroatoms. The Balaban J connectivity index is 2.22.